The van der Waals surface area contributed by atoms with Crippen molar-refractivity contribution in [2.75, 3.05) is 5.73 Å². The zero-order valence-electron chi connectivity index (χ0n) is 9.42. The van der Waals surface area contributed by atoms with Gasteiger partial charge in [0.15, 0.2) is 0 Å². The van der Waals surface area contributed by atoms with Crippen LogP contribution in [-0.2, 0) is 0 Å². The van der Waals surface area contributed by atoms with Gasteiger partial charge in [-0.15, -0.1) is 0 Å². The highest BCUT2D eigenvalue weighted by atomic mass is 16.4. The maximum Gasteiger partial charge on any atom is 0.354 e. The van der Waals surface area contributed by atoms with Gasteiger partial charge in [-0.25, -0.2) is 9.78 Å². The number of hydrogen-bond donors (Lipinski definition) is 2. The van der Waals surface area contributed by atoms with E-state index in [-0.39, 0.29) is 5.69 Å². The third-order valence-electron chi connectivity index (χ3n) is 2.28. The lowest BCUT2D eigenvalue weighted by atomic mass is 10.1. The lowest BCUT2D eigenvalue weighted by molar-refractivity contribution is 0.0690. The largest absolute Gasteiger partial charge is 0.477 e. The second kappa shape index (κ2) is 5.02. The van der Waals surface area contributed by atoms with Gasteiger partial charge in [-0.1, -0.05) is 24.0 Å². The summed E-state index contributed by atoms with van der Waals surface area (Å²) in [6.07, 6.45) is 1.43. The molecule has 18 heavy (non-hydrogen) atoms. The number of pyridine rings is 1. The molecule has 88 valence electrons. The average molecular weight is 238 g/mol. The van der Waals surface area contributed by atoms with Crippen molar-refractivity contribution in [3.63, 3.8) is 0 Å². The van der Waals surface area contributed by atoms with Crippen molar-refractivity contribution in [1.82, 2.24) is 4.98 Å². The summed E-state index contributed by atoms with van der Waals surface area (Å²) < 4.78 is 0. The third-order valence-corrected chi connectivity index (χ3v) is 2.28. The summed E-state index contributed by atoms with van der Waals surface area (Å²) >= 11 is 0. The molecule has 1 aromatic heterocycles. The highest BCUT2D eigenvalue weighted by Gasteiger charge is 2.02. The van der Waals surface area contributed by atoms with Crippen molar-refractivity contribution < 1.29 is 9.90 Å². The first-order chi connectivity index (χ1) is 8.66. The highest BCUT2D eigenvalue weighted by Crippen LogP contribution is 2.08. The van der Waals surface area contributed by atoms with E-state index in [9.17, 15) is 4.79 Å². The molecule has 0 saturated carbocycles. The number of carbonyl (C=O) groups is 1. The molecule has 0 unspecified atom stereocenters. The van der Waals surface area contributed by atoms with Crippen LogP contribution in [0.1, 0.15) is 21.6 Å². The molecular formula is C14H10N2O2. The molecule has 2 aromatic rings. The van der Waals surface area contributed by atoms with Gasteiger partial charge in [-0.3, -0.25) is 0 Å². The number of hydrogen-bond acceptors (Lipinski definition) is 3. The minimum atomic E-state index is -1.05. The first-order valence-electron chi connectivity index (χ1n) is 5.22. The SMILES string of the molecule is Nc1ccccc1C#Cc1ccc(C(=O)O)nc1. The van der Waals surface area contributed by atoms with Crippen LogP contribution in [0.4, 0.5) is 5.69 Å². The molecule has 0 atom stereocenters. The summed E-state index contributed by atoms with van der Waals surface area (Å²) in [7, 11) is 0. The predicted octanol–water partition coefficient (Wildman–Crippen LogP) is 1.76. The fourth-order valence-electron chi connectivity index (χ4n) is 1.34. The van der Waals surface area contributed by atoms with Crippen LogP contribution >= 0.6 is 0 Å². The van der Waals surface area contributed by atoms with Gasteiger partial charge in [0, 0.05) is 23.0 Å². The molecule has 0 spiro atoms. The molecule has 0 fully saturated rings. The number of anilines is 1. The number of rotatable bonds is 1. The lowest BCUT2D eigenvalue weighted by Gasteiger charge is -1.95. The van der Waals surface area contributed by atoms with Gasteiger partial charge in [-0.2, -0.15) is 0 Å². The molecule has 0 aliphatic carbocycles. The average Bonchev–Trinajstić information content (AvgIpc) is 2.38. The zero-order valence-corrected chi connectivity index (χ0v) is 9.42. The number of benzene rings is 1. The minimum absolute atomic E-state index is 0.000208. The van der Waals surface area contributed by atoms with Crippen LogP contribution in [0.25, 0.3) is 0 Å². The summed E-state index contributed by atoms with van der Waals surface area (Å²) in [5, 5.41) is 8.70. The summed E-state index contributed by atoms with van der Waals surface area (Å²) in [5.74, 6) is 4.74. The third kappa shape index (κ3) is 2.66. The lowest BCUT2D eigenvalue weighted by Crippen LogP contribution is -1.99. The van der Waals surface area contributed by atoms with Gasteiger partial charge in [0.05, 0.1) is 0 Å². The van der Waals surface area contributed by atoms with Crippen molar-refractivity contribution in [2.24, 2.45) is 0 Å². The Morgan fingerprint density at radius 3 is 2.56 bits per heavy atom. The van der Waals surface area contributed by atoms with Gasteiger partial charge >= 0.3 is 5.97 Å². The van der Waals surface area contributed by atoms with Crippen LogP contribution < -0.4 is 5.73 Å². The molecule has 0 aliphatic rings. The van der Waals surface area contributed by atoms with Gasteiger partial charge in [-0.05, 0) is 24.3 Å². The van der Waals surface area contributed by atoms with E-state index >= 15 is 0 Å². The normalized spacial score (nSPS) is 9.33. The van der Waals surface area contributed by atoms with Gasteiger partial charge in [0.2, 0.25) is 0 Å². The Morgan fingerprint density at radius 2 is 1.94 bits per heavy atom. The number of carboxylic acids is 1. The molecule has 0 radical (unpaired) electrons. The Morgan fingerprint density at radius 1 is 1.17 bits per heavy atom. The number of para-hydroxylation sites is 1. The summed E-state index contributed by atoms with van der Waals surface area (Å²) in [5.41, 5.74) is 7.74. The molecule has 0 amide bonds. The van der Waals surface area contributed by atoms with Crippen molar-refractivity contribution in [3.8, 4) is 11.8 Å². The molecule has 1 heterocycles. The highest BCUT2D eigenvalue weighted by molar-refractivity contribution is 5.85. The van der Waals surface area contributed by atoms with E-state index in [2.05, 4.69) is 16.8 Å². The Kier molecular flexibility index (Phi) is 3.26. The minimum Gasteiger partial charge on any atom is -0.477 e. The Hall–Kier alpha value is -2.80. The summed E-state index contributed by atoms with van der Waals surface area (Å²) in [6, 6.07) is 10.3. The molecular weight excluding hydrogens is 228 g/mol. The van der Waals surface area contributed by atoms with E-state index in [0.29, 0.717) is 11.3 Å². The number of aromatic carboxylic acids is 1. The van der Waals surface area contributed by atoms with Crippen LogP contribution in [-0.4, -0.2) is 16.1 Å². The first kappa shape index (κ1) is 11.7. The van der Waals surface area contributed by atoms with E-state index in [4.69, 9.17) is 10.8 Å². The molecule has 0 bridgehead atoms. The zero-order chi connectivity index (χ0) is 13.0. The van der Waals surface area contributed by atoms with Crippen LogP contribution in [0.3, 0.4) is 0 Å². The quantitative estimate of drug-likeness (QED) is 0.586. The van der Waals surface area contributed by atoms with Crippen molar-refractivity contribution in [2.45, 2.75) is 0 Å². The second-order valence-electron chi connectivity index (χ2n) is 3.57. The van der Waals surface area contributed by atoms with Crippen molar-refractivity contribution >= 4 is 11.7 Å². The van der Waals surface area contributed by atoms with Crippen LogP contribution in [0, 0.1) is 11.8 Å². The number of nitrogens with zero attached hydrogens (tertiary/aromatic N) is 1. The van der Waals surface area contributed by atoms with E-state index < -0.39 is 5.97 Å². The Labute approximate surface area is 104 Å². The predicted molar refractivity (Wildman–Crippen MR) is 68.0 cm³/mol. The Bertz CT molecular complexity index is 637. The van der Waals surface area contributed by atoms with Crippen molar-refractivity contribution in [1.29, 1.82) is 0 Å². The molecule has 3 N–H and O–H groups in total. The monoisotopic (exact) mass is 238 g/mol. The van der Waals surface area contributed by atoms with Gasteiger partial charge in [0.25, 0.3) is 0 Å². The molecule has 4 nitrogen and oxygen atoms in total. The van der Waals surface area contributed by atoms with E-state index in [0.717, 1.165) is 5.56 Å². The molecule has 0 aliphatic heterocycles. The Balaban J connectivity index is 2.25. The second-order valence-corrected chi connectivity index (χ2v) is 3.57. The summed E-state index contributed by atoms with van der Waals surface area (Å²) in [6.45, 7) is 0. The topological polar surface area (TPSA) is 76.2 Å². The van der Waals surface area contributed by atoms with Crippen molar-refractivity contribution in [3.05, 3.63) is 59.4 Å². The van der Waals surface area contributed by atoms with Crippen LogP contribution in [0.2, 0.25) is 0 Å². The fraction of sp³-hybridized carbons (Fsp3) is 0. The maximum atomic E-state index is 10.6. The molecule has 2 rings (SSSR count). The molecule has 4 heteroatoms. The number of aromatic nitrogens is 1. The van der Waals surface area contributed by atoms with Gasteiger partial charge in [0.1, 0.15) is 5.69 Å². The van der Waals surface area contributed by atoms with E-state index in [1.54, 1.807) is 12.1 Å². The number of nitrogen functional groups attached to an aromatic ring is 1. The van der Waals surface area contributed by atoms with Gasteiger partial charge < -0.3 is 10.8 Å². The number of carboxylic acid groups (broad SMARTS) is 1. The van der Waals surface area contributed by atoms with E-state index in [1.807, 2.05) is 18.2 Å². The number of nitrogens with two attached hydrogens (primary N) is 1. The summed E-state index contributed by atoms with van der Waals surface area (Å²) in [4.78, 5) is 14.4. The molecule has 0 saturated heterocycles. The molecule has 1 aromatic carbocycles. The smallest absolute Gasteiger partial charge is 0.354 e. The van der Waals surface area contributed by atoms with Crippen LogP contribution in [0.5, 0.6) is 0 Å². The van der Waals surface area contributed by atoms with Crippen LogP contribution in [0.15, 0.2) is 42.6 Å². The maximum absolute atomic E-state index is 10.6. The fourth-order valence-corrected chi connectivity index (χ4v) is 1.34. The first-order valence-corrected chi connectivity index (χ1v) is 5.22. The standard InChI is InChI=1S/C14H10N2O2/c15-12-4-2-1-3-11(12)7-5-10-6-8-13(14(17)18)16-9-10/h1-4,6,8-9H,15H2,(H,17,18). The van der Waals surface area contributed by atoms with E-state index in [1.165, 1.54) is 12.3 Å².